The lowest BCUT2D eigenvalue weighted by molar-refractivity contribution is 0.247. The topological polar surface area (TPSA) is 38.5 Å². The molecular formula is C14H22N2O. The molecule has 0 spiro atoms. The third-order valence-corrected chi connectivity index (χ3v) is 2.42. The summed E-state index contributed by atoms with van der Waals surface area (Å²) in [6.07, 6.45) is 0. The first kappa shape index (κ1) is 13.7. The van der Waals surface area contributed by atoms with Crippen LogP contribution < -0.4 is 10.5 Å². The largest absolute Gasteiger partial charge is 0.492 e. The van der Waals surface area contributed by atoms with Crippen molar-refractivity contribution in [2.75, 3.05) is 26.7 Å². The maximum atomic E-state index is 5.67. The quantitative estimate of drug-likeness (QED) is 0.734. The van der Waals surface area contributed by atoms with E-state index in [1.54, 1.807) is 0 Å². The van der Waals surface area contributed by atoms with E-state index >= 15 is 0 Å². The smallest absolute Gasteiger partial charge is 0.119 e. The van der Waals surface area contributed by atoms with Gasteiger partial charge in [0.25, 0.3) is 0 Å². The maximum absolute atomic E-state index is 5.67. The summed E-state index contributed by atoms with van der Waals surface area (Å²) >= 11 is 0. The minimum absolute atomic E-state index is 0.548. The lowest BCUT2D eigenvalue weighted by Gasteiger charge is -2.16. The molecule has 0 aliphatic rings. The molecule has 1 aromatic carbocycles. The van der Waals surface area contributed by atoms with Crippen LogP contribution in [-0.2, 0) is 6.54 Å². The first-order chi connectivity index (χ1) is 8.11. The Morgan fingerprint density at radius 1 is 1.47 bits per heavy atom. The third-order valence-electron chi connectivity index (χ3n) is 2.42. The first-order valence-electron chi connectivity index (χ1n) is 5.86. The molecule has 1 aromatic rings. The standard InChI is InChI=1S/C14H22N2O/c1-12(2)11-16(3)7-8-17-14-6-4-5-13(9-14)10-15/h4-6,9H,1,7-8,10-11,15H2,2-3H3. The highest BCUT2D eigenvalue weighted by molar-refractivity contribution is 5.28. The van der Waals surface area contributed by atoms with E-state index in [0.717, 1.165) is 30.0 Å². The van der Waals surface area contributed by atoms with Gasteiger partial charge >= 0.3 is 0 Å². The minimum atomic E-state index is 0.548. The summed E-state index contributed by atoms with van der Waals surface area (Å²) in [6, 6.07) is 7.91. The molecule has 0 atom stereocenters. The van der Waals surface area contributed by atoms with Gasteiger partial charge in [-0.15, -0.1) is 0 Å². The summed E-state index contributed by atoms with van der Waals surface area (Å²) < 4.78 is 5.67. The number of nitrogens with two attached hydrogens (primary N) is 1. The monoisotopic (exact) mass is 234 g/mol. The van der Waals surface area contributed by atoms with E-state index in [1.165, 1.54) is 0 Å². The van der Waals surface area contributed by atoms with E-state index in [1.807, 2.05) is 31.2 Å². The second kappa shape index (κ2) is 7.09. The molecule has 94 valence electrons. The molecule has 0 fully saturated rings. The van der Waals surface area contributed by atoms with Gasteiger partial charge in [-0.3, -0.25) is 4.90 Å². The van der Waals surface area contributed by atoms with Crippen LogP contribution in [0.4, 0.5) is 0 Å². The van der Waals surface area contributed by atoms with Crippen molar-refractivity contribution in [3.05, 3.63) is 42.0 Å². The number of rotatable bonds is 7. The number of nitrogens with zero attached hydrogens (tertiary/aromatic N) is 1. The SMILES string of the molecule is C=C(C)CN(C)CCOc1cccc(CN)c1. The van der Waals surface area contributed by atoms with Gasteiger partial charge in [0.2, 0.25) is 0 Å². The van der Waals surface area contributed by atoms with Crippen LogP contribution in [0, 0.1) is 0 Å². The molecule has 1 rings (SSSR count). The molecule has 0 aliphatic carbocycles. The Morgan fingerprint density at radius 3 is 2.88 bits per heavy atom. The fraction of sp³-hybridized carbons (Fsp3) is 0.429. The maximum Gasteiger partial charge on any atom is 0.119 e. The number of hydrogen-bond acceptors (Lipinski definition) is 3. The molecule has 17 heavy (non-hydrogen) atoms. The van der Waals surface area contributed by atoms with E-state index in [4.69, 9.17) is 10.5 Å². The van der Waals surface area contributed by atoms with Crippen LogP contribution in [0.25, 0.3) is 0 Å². The molecule has 3 heteroatoms. The summed E-state index contributed by atoms with van der Waals surface area (Å²) in [5.41, 5.74) is 7.84. The summed E-state index contributed by atoms with van der Waals surface area (Å²) in [5.74, 6) is 0.886. The van der Waals surface area contributed by atoms with Gasteiger partial charge < -0.3 is 10.5 Å². The Labute approximate surface area is 104 Å². The molecule has 0 unspecified atom stereocenters. The summed E-state index contributed by atoms with van der Waals surface area (Å²) in [6.45, 7) is 8.94. The van der Waals surface area contributed by atoms with Crippen LogP contribution in [0.3, 0.4) is 0 Å². The number of likely N-dealkylation sites (N-methyl/N-ethyl adjacent to an activating group) is 1. The average Bonchev–Trinajstić information content (AvgIpc) is 2.28. The number of benzene rings is 1. The van der Waals surface area contributed by atoms with Gasteiger partial charge in [-0.2, -0.15) is 0 Å². The Bertz CT molecular complexity index is 363. The molecule has 0 aromatic heterocycles. The van der Waals surface area contributed by atoms with Crippen LogP contribution in [-0.4, -0.2) is 31.6 Å². The summed E-state index contributed by atoms with van der Waals surface area (Å²) in [4.78, 5) is 2.19. The van der Waals surface area contributed by atoms with Crippen molar-refractivity contribution in [1.82, 2.24) is 4.90 Å². The van der Waals surface area contributed by atoms with Gasteiger partial charge in [0.05, 0.1) is 0 Å². The second-order valence-electron chi connectivity index (χ2n) is 4.39. The van der Waals surface area contributed by atoms with Crippen LogP contribution in [0.1, 0.15) is 12.5 Å². The Hall–Kier alpha value is -1.32. The summed E-state index contributed by atoms with van der Waals surface area (Å²) in [7, 11) is 2.06. The van der Waals surface area contributed by atoms with E-state index in [0.29, 0.717) is 13.2 Å². The molecular weight excluding hydrogens is 212 g/mol. The zero-order valence-electron chi connectivity index (χ0n) is 10.8. The Morgan fingerprint density at radius 2 is 2.24 bits per heavy atom. The molecule has 2 N–H and O–H groups in total. The molecule has 3 nitrogen and oxygen atoms in total. The van der Waals surface area contributed by atoms with Crippen molar-refractivity contribution in [1.29, 1.82) is 0 Å². The highest BCUT2D eigenvalue weighted by atomic mass is 16.5. The van der Waals surface area contributed by atoms with Crippen molar-refractivity contribution >= 4 is 0 Å². The molecule has 0 radical (unpaired) electrons. The van der Waals surface area contributed by atoms with Crippen molar-refractivity contribution in [2.24, 2.45) is 5.73 Å². The minimum Gasteiger partial charge on any atom is -0.492 e. The van der Waals surface area contributed by atoms with Gasteiger partial charge in [-0.1, -0.05) is 24.3 Å². The van der Waals surface area contributed by atoms with Gasteiger partial charge in [0.15, 0.2) is 0 Å². The van der Waals surface area contributed by atoms with Crippen LogP contribution in [0.15, 0.2) is 36.4 Å². The molecule has 0 saturated heterocycles. The third kappa shape index (κ3) is 5.52. The first-order valence-corrected chi connectivity index (χ1v) is 5.86. The number of hydrogen-bond donors (Lipinski definition) is 1. The Balaban J connectivity index is 2.32. The molecule has 0 heterocycles. The predicted octanol–water partition coefficient (Wildman–Crippen LogP) is 2.03. The molecule has 0 bridgehead atoms. The van der Waals surface area contributed by atoms with Crippen LogP contribution >= 0.6 is 0 Å². The van der Waals surface area contributed by atoms with Gasteiger partial charge in [-0.05, 0) is 31.7 Å². The lowest BCUT2D eigenvalue weighted by Crippen LogP contribution is -2.25. The van der Waals surface area contributed by atoms with Gasteiger partial charge in [0, 0.05) is 19.6 Å². The average molecular weight is 234 g/mol. The van der Waals surface area contributed by atoms with Crippen LogP contribution in [0.2, 0.25) is 0 Å². The highest BCUT2D eigenvalue weighted by Crippen LogP contribution is 2.12. The highest BCUT2D eigenvalue weighted by Gasteiger charge is 1.99. The number of ether oxygens (including phenoxy) is 1. The molecule has 0 amide bonds. The molecule has 0 aliphatic heterocycles. The Kier molecular flexibility index (Phi) is 5.73. The normalized spacial score (nSPS) is 10.6. The second-order valence-corrected chi connectivity index (χ2v) is 4.39. The lowest BCUT2D eigenvalue weighted by atomic mass is 10.2. The van der Waals surface area contributed by atoms with Crippen molar-refractivity contribution < 1.29 is 4.74 Å². The van der Waals surface area contributed by atoms with Crippen LogP contribution in [0.5, 0.6) is 5.75 Å². The zero-order valence-corrected chi connectivity index (χ0v) is 10.8. The zero-order chi connectivity index (χ0) is 12.7. The van der Waals surface area contributed by atoms with Crippen molar-refractivity contribution in [3.63, 3.8) is 0 Å². The fourth-order valence-electron chi connectivity index (χ4n) is 1.62. The van der Waals surface area contributed by atoms with Crippen molar-refractivity contribution in [2.45, 2.75) is 13.5 Å². The van der Waals surface area contributed by atoms with E-state index in [2.05, 4.69) is 18.5 Å². The summed E-state index contributed by atoms with van der Waals surface area (Å²) in [5, 5.41) is 0. The van der Waals surface area contributed by atoms with Crippen molar-refractivity contribution in [3.8, 4) is 5.75 Å². The predicted molar refractivity (Wildman–Crippen MR) is 72.1 cm³/mol. The van der Waals surface area contributed by atoms with E-state index < -0.39 is 0 Å². The van der Waals surface area contributed by atoms with Gasteiger partial charge in [0.1, 0.15) is 12.4 Å². The van der Waals surface area contributed by atoms with E-state index in [9.17, 15) is 0 Å². The molecule has 0 saturated carbocycles. The van der Waals surface area contributed by atoms with E-state index in [-0.39, 0.29) is 0 Å². The van der Waals surface area contributed by atoms with Gasteiger partial charge in [-0.25, -0.2) is 0 Å². The fourth-order valence-corrected chi connectivity index (χ4v) is 1.62.